The molecule has 6 heteroatoms. The normalized spacial score (nSPS) is 12.6. The van der Waals surface area contributed by atoms with Gasteiger partial charge in [0, 0.05) is 18.7 Å². The Morgan fingerprint density at radius 1 is 1.43 bits per heavy atom. The SMILES string of the molecule is CCOC(C)CNS(=O)(=O)c1cc(C#CCN)ccc1C. The van der Waals surface area contributed by atoms with Gasteiger partial charge < -0.3 is 10.5 Å². The Hall–Kier alpha value is -1.39. The number of nitrogens with one attached hydrogen (secondary N) is 1. The largest absolute Gasteiger partial charge is 0.377 e. The summed E-state index contributed by atoms with van der Waals surface area (Å²) in [5.74, 6) is 5.55. The van der Waals surface area contributed by atoms with E-state index in [1.165, 1.54) is 0 Å². The fraction of sp³-hybridized carbons (Fsp3) is 0.467. The van der Waals surface area contributed by atoms with Crippen LogP contribution < -0.4 is 10.5 Å². The van der Waals surface area contributed by atoms with E-state index >= 15 is 0 Å². The lowest BCUT2D eigenvalue weighted by Crippen LogP contribution is -2.32. The van der Waals surface area contributed by atoms with E-state index in [4.69, 9.17) is 10.5 Å². The molecule has 1 atom stereocenters. The third kappa shape index (κ3) is 5.48. The second kappa shape index (κ2) is 8.15. The zero-order chi connectivity index (χ0) is 15.9. The van der Waals surface area contributed by atoms with Crippen LogP contribution in [0, 0.1) is 18.8 Å². The Balaban J connectivity index is 2.96. The maximum Gasteiger partial charge on any atom is 0.240 e. The molecular weight excluding hydrogens is 288 g/mol. The first-order chi connectivity index (χ1) is 9.90. The van der Waals surface area contributed by atoms with E-state index in [-0.39, 0.29) is 24.1 Å². The van der Waals surface area contributed by atoms with E-state index in [1.807, 2.05) is 13.8 Å². The first-order valence-corrected chi connectivity index (χ1v) is 8.30. The number of hydrogen-bond acceptors (Lipinski definition) is 4. The van der Waals surface area contributed by atoms with Crippen molar-refractivity contribution in [3.8, 4) is 11.8 Å². The van der Waals surface area contributed by atoms with E-state index < -0.39 is 10.0 Å². The summed E-state index contributed by atoms with van der Waals surface area (Å²) < 4.78 is 32.6. The number of ether oxygens (including phenoxy) is 1. The summed E-state index contributed by atoms with van der Waals surface area (Å²) in [6.07, 6.45) is -0.176. The lowest BCUT2D eigenvalue weighted by Gasteiger charge is -2.14. The van der Waals surface area contributed by atoms with Crippen molar-refractivity contribution in [1.82, 2.24) is 4.72 Å². The molecule has 1 aromatic carbocycles. The second-order valence-corrected chi connectivity index (χ2v) is 6.34. The molecule has 1 unspecified atom stereocenters. The van der Waals surface area contributed by atoms with Gasteiger partial charge in [-0.2, -0.15) is 0 Å². The molecule has 0 aromatic heterocycles. The number of benzene rings is 1. The average Bonchev–Trinajstić information content (AvgIpc) is 2.44. The number of nitrogens with two attached hydrogens (primary N) is 1. The monoisotopic (exact) mass is 310 g/mol. The van der Waals surface area contributed by atoms with Crippen LogP contribution in [0.15, 0.2) is 23.1 Å². The van der Waals surface area contributed by atoms with Crippen LogP contribution in [0.2, 0.25) is 0 Å². The summed E-state index contributed by atoms with van der Waals surface area (Å²) in [4.78, 5) is 0.231. The van der Waals surface area contributed by atoms with Gasteiger partial charge in [0.25, 0.3) is 0 Å². The third-order valence-corrected chi connectivity index (χ3v) is 4.39. The molecule has 1 aromatic rings. The quantitative estimate of drug-likeness (QED) is 0.768. The van der Waals surface area contributed by atoms with Crippen molar-refractivity contribution < 1.29 is 13.2 Å². The summed E-state index contributed by atoms with van der Waals surface area (Å²) in [5.41, 5.74) is 6.62. The molecule has 0 aliphatic carbocycles. The van der Waals surface area contributed by atoms with Gasteiger partial charge in [-0.25, -0.2) is 13.1 Å². The molecule has 0 fully saturated rings. The van der Waals surface area contributed by atoms with Crippen molar-refractivity contribution in [3.63, 3.8) is 0 Å². The van der Waals surface area contributed by atoms with Crippen LogP contribution in [0.4, 0.5) is 0 Å². The lowest BCUT2D eigenvalue weighted by molar-refractivity contribution is 0.0799. The summed E-state index contributed by atoms with van der Waals surface area (Å²) in [6, 6.07) is 5.08. The summed E-state index contributed by atoms with van der Waals surface area (Å²) in [6.45, 7) is 6.46. The molecule has 0 saturated carbocycles. The second-order valence-electron chi connectivity index (χ2n) is 4.60. The van der Waals surface area contributed by atoms with E-state index in [1.54, 1.807) is 25.1 Å². The Kier molecular flexibility index (Phi) is 6.85. The molecule has 0 heterocycles. The van der Waals surface area contributed by atoms with Crippen molar-refractivity contribution in [1.29, 1.82) is 0 Å². The van der Waals surface area contributed by atoms with E-state index in [9.17, 15) is 8.42 Å². The molecular formula is C15H22N2O3S. The van der Waals surface area contributed by atoms with Crippen molar-refractivity contribution in [2.75, 3.05) is 19.7 Å². The molecule has 0 aliphatic rings. The smallest absolute Gasteiger partial charge is 0.240 e. The molecule has 1 rings (SSSR count). The number of aryl methyl sites for hydroxylation is 1. The van der Waals surface area contributed by atoms with Crippen LogP contribution in [0.3, 0.4) is 0 Å². The minimum absolute atomic E-state index is 0.176. The van der Waals surface area contributed by atoms with E-state index in [0.717, 1.165) is 0 Å². The van der Waals surface area contributed by atoms with Crippen molar-refractivity contribution in [3.05, 3.63) is 29.3 Å². The standard InChI is InChI=1S/C15H22N2O3S/c1-4-20-13(3)11-17-21(18,19)15-10-14(6-5-9-16)8-7-12(15)2/h7-8,10,13,17H,4,9,11,16H2,1-3H3. The Bertz CT molecular complexity index is 630. The number of hydrogen-bond donors (Lipinski definition) is 2. The topological polar surface area (TPSA) is 81.4 Å². The highest BCUT2D eigenvalue weighted by atomic mass is 32.2. The van der Waals surface area contributed by atoms with Gasteiger partial charge in [-0.15, -0.1) is 0 Å². The van der Waals surface area contributed by atoms with E-state index in [0.29, 0.717) is 17.7 Å². The Morgan fingerprint density at radius 2 is 2.14 bits per heavy atom. The van der Waals surface area contributed by atoms with Crippen LogP contribution in [0.1, 0.15) is 25.0 Å². The molecule has 0 saturated heterocycles. The molecule has 0 amide bonds. The third-order valence-electron chi connectivity index (χ3n) is 2.82. The highest BCUT2D eigenvalue weighted by molar-refractivity contribution is 7.89. The van der Waals surface area contributed by atoms with E-state index in [2.05, 4.69) is 16.6 Å². The predicted octanol–water partition coefficient (Wildman–Crippen LogP) is 1.01. The summed E-state index contributed by atoms with van der Waals surface area (Å²) >= 11 is 0. The van der Waals surface area contributed by atoms with Crippen LogP contribution >= 0.6 is 0 Å². The van der Waals surface area contributed by atoms with Gasteiger partial charge >= 0.3 is 0 Å². The van der Waals surface area contributed by atoms with Crippen LogP contribution in [-0.2, 0) is 14.8 Å². The Morgan fingerprint density at radius 3 is 2.76 bits per heavy atom. The van der Waals surface area contributed by atoms with Gasteiger partial charge in [0.05, 0.1) is 17.5 Å². The molecule has 116 valence electrons. The first kappa shape index (κ1) is 17.7. The fourth-order valence-electron chi connectivity index (χ4n) is 1.77. The van der Waals surface area contributed by atoms with Gasteiger partial charge in [-0.3, -0.25) is 0 Å². The minimum atomic E-state index is -3.58. The summed E-state index contributed by atoms with van der Waals surface area (Å²) in [7, 11) is -3.58. The highest BCUT2D eigenvalue weighted by Crippen LogP contribution is 2.16. The molecule has 3 N–H and O–H groups in total. The molecule has 5 nitrogen and oxygen atoms in total. The maximum absolute atomic E-state index is 12.3. The summed E-state index contributed by atoms with van der Waals surface area (Å²) in [5, 5.41) is 0. The van der Waals surface area contributed by atoms with Gasteiger partial charge in [0.15, 0.2) is 0 Å². The van der Waals surface area contributed by atoms with Gasteiger partial charge in [-0.1, -0.05) is 17.9 Å². The van der Waals surface area contributed by atoms with Crippen molar-refractivity contribution in [2.24, 2.45) is 5.73 Å². The Labute approximate surface area is 126 Å². The fourth-order valence-corrected chi connectivity index (χ4v) is 3.15. The molecule has 21 heavy (non-hydrogen) atoms. The van der Waals surface area contributed by atoms with Crippen LogP contribution in [0.25, 0.3) is 0 Å². The zero-order valence-corrected chi connectivity index (χ0v) is 13.5. The maximum atomic E-state index is 12.3. The molecule has 0 radical (unpaired) electrons. The molecule has 0 aliphatic heterocycles. The highest BCUT2D eigenvalue weighted by Gasteiger charge is 2.18. The first-order valence-electron chi connectivity index (χ1n) is 6.81. The lowest BCUT2D eigenvalue weighted by atomic mass is 10.1. The van der Waals surface area contributed by atoms with Gasteiger partial charge in [0.2, 0.25) is 10.0 Å². The van der Waals surface area contributed by atoms with Gasteiger partial charge in [-0.05, 0) is 38.5 Å². The van der Waals surface area contributed by atoms with Crippen LogP contribution in [0.5, 0.6) is 0 Å². The predicted molar refractivity (Wildman–Crippen MR) is 83.4 cm³/mol. The van der Waals surface area contributed by atoms with Gasteiger partial charge in [0.1, 0.15) is 0 Å². The number of sulfonamides is 1. The minimum Gasteiger partial charge on any atom is -0.377 e. The zero-order valence-electron chi connectivity index (χ0n) is 12.6. The average molecular weight is 310 g/mol. The molecule has 0 bridgehead atoms. The van der Waals surface area contributed by atoms with Crippen molar-refractivity contribution in [2.45, 2.75) is 31.8 Å². The molecule has 0 spiro atoms. The van der Waals surface area contributed by atoms with Crippen molar-refractivity contribution >= 4 is 10.0 Å². The number of rotatable bonds is 6. The van der Waals surface area contributed by atoms with Crippen LogP contribution in [-0.4, -0.2) is 34.2 Å².